The van der Waals surface area contributed by atoms with Gasteiger partial charge in [-0.1, -0.05) is 13.8 Å². The number of carboxylic acids is 2. The first kappa shape index (κ1) is 17.8. The summed E-state index contributed by atoms with van der Waals surface area (Å²) in [5.41, 5.74) is -1.23. The van der Waals surface area contributed by atoms with E-state index in [-0.39, 0.29) is 12.3 Å². The average molecular weight is 342 g/mol. The van der Waals surface area contributed by atoms with Crippen molar-refractivity contribution >= 4 is 23.3 Å². The highest BCUT2D eigenvalue weighted by atomic mass is 32.1. The van der Waals surface area contributed by atoms with E-state index in [0.717, 1.165) is 4.88 Å². The van der Waals surface area contributed by atoms with Gasteiger partial charge in [0.05, 0.1) is 23.4 Å². The van der Waals surface area contributed by atoms with Crippen molar-refractivity contribution in [1.82, 2.24) is 10.3 Å². The van der Waals surface area contributed by atoms with Crippen molar-refractivity contribution in [3.8, 4) is 0 Å². The molecular weight excluding hydrogens is 320 g/mol. The molecule has 1 fully saturated rings. The summed E-state index contributed by atoms with van der Waals surface area (Å²) in [5.74, 6) is -2.69. The first-order valence-electron chi connectivity index (χ1n) is 7.46. The van der Waals surface area contributed by atoms with Crippen LogP contribution in [0.25, 0.3) is 0 Å². The third-order valence-electron chi connectivity index (χ3n) is 4.01. The van der Waals surface area contributed by atoms with Crippen LogP contribution in [0.15, 0.2) is 6.20 Å². The number of hydrogen-bond acceptors (Lipinski definition) is 6. The van der Waals surface area contributed by atoms with E-state index in [0.29, 0.717) is 18.0 Å². The summed E-state index contributed by atoms with van der Waals surface area (Å²) in [6, 6.07) is -0.599. The predicted octanol–water partition coefficient (Wildman–Crippen LogP) is 1.89. The molecule has 0 aliphatic carbocycles. The lowest BCUT2D eigenvalue weighted by atomic mass is 9.84. The van der Waals surface area contributed by atoms with Gasteiger partial charge in [-0.3, -0.25) is 14.9 Å². The zero-order valence-electron chi connectivity index (χ0n) is 13.4. The highest BCUT2D eigenvalue weighted by Gasteiger charge is 2.53. The first-order valence-corrected chi connectivity index (χ1v) is 8.28. The number of rotatable bonds is 7. The number of ether oxygens (including phenoxy) is 1. The van der Waals surface area contributed by atoms with Crippen LogP contribution in [-0.4, -0.2) is 39.8 Å². The fraction of sp³-hybridized carbons (Fsp3) is 0.667. The molecule has 0 bridgehead atoms. The second-order valence-corrected chi connectivity index (χ2v) is 7.50. The smallest absolute Gasteiger partial charge is 0.323 e. The maximum atomic E-state index is 11.8. The lowest BCUT2D eigenvalue weighted by Gasteiger charge is -2.27. The number of nitrogens with zero attached hydrogens (tertiary/aromatic N) is 1. The van der Waals surface area contributed by atoms with Crippen molar-refractivity contribution in [2.75, 3.05) is 7.11 Å². The van der Waals surface area contributed by atoms with Gasteiger partial charge in [-0.2, -0.15) is 0 Å². The molecule has 128 valence electrons. The van der Waals surface area contributed by atoms with Crippen molar-refractivity contribution in [3.63, 3.8) is 0 Å². The van der Waals surface area contributed by atoms with Crippen LogP contribution >= 0.6 is 11.3 Å². The summed E-state index contributed by atoms with van der Waals surface area (Å²) in [6.45, 7) is 4.25. The Morgan fingerprint density at radius 2 is 2.22 bits per heavy atom. The van der Waals surface area contributed by atoms with Crippen LogP contribution in [0.5, 0.6) is 0 Å². The number of hydrogen-bond donors (Lipinski definition) is 3. The molecule has 0 spiro atoms. The van der Waals surface area contributed by atoms with Crippen molar-refractivity contribution in [1.29, 1.82) is 0 Å². The highest BCUT2D eigenvalue weighted by Crippen LogP contribution is 2.42. The summed E-state index contributed by atoms with van der Waals surface area (Å²) in [7, 11) is 1.57. The van der Waals surface area contributed by atoms with Crippen LogP contribution in [0.2, 0.25) is 0 Å². The molecule has 8 heteroatoms. The summed E-state index contributed by atoms with van der Waals surface area (Å²) < 4.78 is 5.05. The summed E-state index contributed by atoms with van der Waals surface area (Å²) in [4.78, 5) is 28.6. The van der Waals surface area contributed by atoms with Crippen molar-refractivity contribution in [2.24, 2.45) is 11.8 Å². The largest absolute Gasteiger partial charge is 0.481 e. The van der Waals surface area contributed by atoms with Crippen molar-refractivity contribution in [3.05, 3.63) is 16.1 Å². The second-order valence-electron chi connectivity index (χ2n) is 6.35. The van der Waals surface area contributed by atoms with E-state index in [1.807, 2.05) is 13.8 Å². The molecule has 1 aliphatic rings. The van der Waals surface area contributed by atoms with Gasteiger partial charge in [0.2, 0.25) is 0 Å². The SMILES string of the molecule is COCc1cnc([C@@H]2N[C@](CC(C)C)(C(=O)O)C[C@@H]2C(=O)O)s1. The van der Waals surface area contributed by atoms with E-state index >= 15 is 0 Å². The monoisotopic (exact) mass is 342 g/mol. The Morgan fingerprint density at radius 3 is 2.74 bits per heavy atom. The lowest BCUT2D eigenvalue weighted by Crippen LogP contribution is -2.49. The third-order valence-corrected chi connectivity index (χ3v) is 5.06. The Balaban J connectivity index is 2.33. The van der Waals surface area contributed by atoms with E-state index in [1.54, 1.807) is 13.3 Å². The molecule has 7 nitrogen and oxygen atoms in total. The number of thiazole rings is 1. The molecule has 0 radical (unpaired) electrons. The van der Waals surface area contributed by atoms with Crippen molar-refractivity contribution < 1.29 is 24.5 Å². The maximum absolute atomic E-state index is 11.8. The minimum absolute atomic E-state index is 0.0553. The van der Waals surface area contributed by atoms with E-state index in [2.05, 4.69) is 10.3 Å². The van der Waals surface area contributed by atoms with Crippen molar-refractivity contribution in [2.45, 2.75) is 44.9 Å². The topological polar surface area (TPSA) is 109 Å². The Morgan fingerprint density at radius 1 is 1.52 bits per heavy atom. The van der Waals surface area contributed by atoms with Gasteiger partial charge in [-0.15, -0.1) is 11.3 Å². The molecule has 1 aromatic rings. The van der Waals surface area contributed by atoms with Crippen LogP contribution in [0.1, 0.15) is 42.6 Å². The Kier molecular flexibility index (Phi) is 5.38. The van der Waals surface area contributed by atoms with Gasteiger partial charge >= 0.3 is 11.9 Å². The molecule has 1 aliphatic heterocycles. The minimum Gasteiger partial charge on any atom is -0.481 e. The fourth-order valence-electron chi connectivity index (χ4n) is 3.17. The molecule has 0 unspecified atom stereocenters. The van der Waals surface area contributed by atoms with Gasteiger partial charge < -0.3 is 14.9 Å². The third kappa shape index (κ3) is 3.70. The molecule has 1 saturated heterocycles. The van der Waals surface area contributed by atoms with Gasteiger partial charge in [-0.05, 0) is 18.8 Å². The summed E-state index contributed by atoms with van der Waals surface area (Å²) in [6.07, 6.45) is 2.08. The zero-order valence-corrected chi connectivity index (χ0v) is 14.2. The van der Waals surface area contributed by atoms with E-state index in [4.69, 9.17) is 4.74 Å². The molecule has 0 aromatic carbocycles. The van der Waals surface area contributed by atoms with Gasteiger partial charge in [0.15, 0.2) is 0 Å². The molecule has 1 aromatic heterocycles. The van der Waals surface area contributed by atoms with E-state index in [9.17, 15) is 19.8 Å². The summed E-state index contributed by atoms with van der Waals surface area (Å²) >= 11 is 1.35. The molecule has 2 rings (SSSR count). The molecule has 3 N–H and O–H groups in total. The van der Waals surface area contributed by atoms with Gasteiger partial charge in [0.25, 0.3) is 0 Å². The highest BCUT2D eigenvalue weighted by molar-refractivity contribution is 7.11. The second kappa shape index (κ2) is 6.94. The Hall–Kier alpha value is -1.51. The molecule has 23 heavy (non-hydrogen) atoms. The van der Waals surface area contributed by atoms with Crippen LogP contribution in [0.3, 0.4) is 0 Å². The molecule has 0 amide bonds. The zero-order chi connectivity index (χ0) is 17.2. The molecule has 2 heterocycles. The quantitative estimate of drug-likeness (QED) is 0.694. The van der Waals surface area contributed by atoms with Crippen LogP contribution in [0.4, 0.5) is 0 Å². The molecule has 3 atom stereocenters. The van der Waals surface area contributed by atoms with Gasteiger partial charge in [-0.25, -0.2) is 4.98 Å². The number of aliphatic carboxylic acids is 2. The van der Waals surface area contributed by atoms with Gasteiger partial charge in [0, 0.05) is 13.3 Å². The Labute approximate surface area is 138 Å². The van der Waals surface area contributed by atoms with Gasteiger partial charge in [0.1, 0.15) is 10.5 Å². The van der Waals surface area contributed by atoms with Crippen LogP contribution in [0, 0.1) is 11.8 Å². The van der Waals surface area contributed by atoms with E-state index < -0.39 is 29.4 Å². The Bertz CT molecular complexity index is 588. The van der Waals surface area contributed by atoms with Crippen LogP contribution < -0.4 is 5.32 Å². The molecular formula is C15H22N2O5S. The first-order chi connectivity index (χ1) is 10.8. The maximum Gasteiger partial charge on any atom is 0.323 e. The number of carboxylic acid groups (broad SMARTS) is 2. The van der Waals surface area contributed by atoms with Crippen LogP contribution in [-0.2, 0) is 20.9 Å². The standard InChI is InChI=1S/C15H22N2O5S/c1-8(2)4-15(14(20)21)5-10(13(18)19)11(17-15)12-16-6-9(23-12)7-22-3/h6,8,10-11,17H,4-5,7H2,1-3H3,(H,18,19)(H,20,21)/t10-,11+,15-/m0/s1. The predicted molar refractivity (Wildman–Crippen MR) is 84.3 cm³/mol. The summed E-state index contributed by atoms with van der Waals surface area (Å²) in [5, 5.41) is 22.9. The fourth-order valence-corrected chi connectivity index (χ4v) is 4.17. The van der Waals surface area contributed by atoms with E-state index in [1.165, 1.54) is 11.3 Å². The number of nitrogens with one attached hydrogen (secondary N) is 1. The number of carbonyl (C=O) groups is 2. The number of methoxy groups -OCH3 is 1. The average Bonchev–Trinajstić information content (AvgIpc) is 3.03. The number of aromatic nitrogens is 1. The minimum atomic E-state index is -1.23. The normalized spacial score (nSPS) is 27.5. The molecule has 0 saturated carbocycles. The lowest BCUT2D eigenvalue weighted by molar-refractivity contribution is -0.145.